The van der Waals surface area contributed by atoms with Gasteiger partial charge in [0, 0.05) is 0 Å². The van der Waals surface area contributed by atoms with Gasteiger partial charge in [0.2, 0.25) is 0 Å². The predicted octanol–water partition coefficient (Wildman–Crippen LogP) is 3.52. The van der Waals surface area contributed by atoms with E-state index in [-0.39, 0.29) is 0 Å². The first-order chi connectivity index (χ1) is 7.65. The number of hydrogen-bond donors (Lipinski definition) is 1. The minimum absolute atomic E-state index is 0.529. The molecule has 2 N–H and O–H groups in total. The molecule has 1 aliphatic rings. The van der Waals surface area contributed by atoms with Crippen molar-refractivity contribution in [3.63, 3.8) is 0 Å². The molecule has 0 amide bonds. The summed E-state index contributed by atoms with van der Waals surface area (Å²) < 4.78 is 3.21. The van der Waals surface area contributed by atoms with Crippen molar-refractivity contribution in [2.75, 3.05) is 5.73 Å². The Balaban J connectivity index is 2.30. The molecule has 1 saturated carbocycles. The van der Waals surface area contributed by atoms with E-state index in [2.05, 4.69) is 39.3 Å². The molecule has 0 bridgehead atoms. The van der Waals surface area contributed by atoms with E-state index in [1.54, 1.807) is 0 Å². The van der Waals surface area contributed by atoms with Crippen LogP contribution in [0.4, 0.5) is 5.82 Å². The molecule has 3 nitrogen and oxygen atoms in total. The van der Waals surface area contributed by atoms with Crippen LogP contribution in [0.1, 0.15) is 50.8 Å². The number of aromatic nitrogens is 2. The highest BCUT2D eigenvalue weighted by Gasteiger charge is 2.28. The Morgan fingerprint density at radius 2 is 2.12 bits per heavy atom. The van der Waals surface area contributed by atoms with Crippen molar-refractivity contribution in [2.45, 2.75) is 52.0 Å². The smallest absolute Gasteiger partial charge is 0.135 e. The van der Waals surface area contributed by atoms with Crippen LogP contribution in [-0.2, 0) is 0 Å². The summed E-state index contributed by atoms with van der Waals surface area (Å²) in [4.78, 5) is 0. The van der Waals surface area contributed by atoms with E-state index in [1.807, 2.05) is 6.92 Å². The quantitative estimate of drug-likeness (QED) is 0.842. The summed E-state index contributed by atoms with van der Waals surface area (Å²) >= 11 is 2.30. The summed E-state index contributed by atoms with van der Waals surface area (Å²) in [5, 5.41) is 4.62. The Morgan fingerprint density at radius 1 is 1.44 bits per heavy atom. The van der Waals surface area contributed by atoms with E-state index >= 15 is 0 Å². The molecular weight excluding hydrogens is 313 g/mol. The fraction of sp³-hybridized carbons (Fsp3) is 0.750. The van der Waals surface area contributed by atoms with Crippen LogP contribution in [0.15, 0.2) is 0 Å². The van der Waals surface area contributed by atoms with Gasteiger partial charge in [-0.1, -0.05) is 26.2 Å². The van der Waals surface area contributed by atoms with Gasteiger partial charge < -0.3 is 5.73 Å². The van der Waals surface area contributed by atoms with E-state index in [0.29, 0.717) is 6.04 Å². The van der Waals surface area contributed by atoms with Gasteiger partial charge >= 0.3 is 0 Å². The average molecular weight is 333 g/mol. The minimum atomic E-state index is 0.529. The second-order valence-corrected chi connectivity index (χ2v) is 5.83. The van der Waals surface area contributed by atoms with E-state index in [0.717, 1.165) is 21.0 Å². The Morgan fingerprint density at radius 3 is 2.69 bits per heavy atom. The van der Waals surface area contributed by atoms with E-state index < -0.39 is 0 Å². The van der Waals surface area contributed by atoms with Crippen LogP contribution in [0.5, 0.6) is 0 Å². The van der Waals surface area contributed by atoms with Gasteiger partial charge in [0.1, 0.15) is 5.82 Å². The number of hydrogen-bond acceptors (Lipinski definition) is 2. The maximum atomic E-state index is 6.14. The molecule has 2 unspecified atom stereocenters. The highest BCUT2D eigenvalue weighted by atomic mass is 127. The van der Waals surface area contributed by atoms with E-state index in [1.165, 1.54) is 32.1 Å². The zero-order valence-corrected chi connectivity index (χ0v) is 12.2. The first-order valence-electron chi connectivity index (χ1n) is 6.15. The fourth-order valence-electron chi connectivity index (χ4n) is 2.78. The van der Waals surface area contributed by atoms with Crippen LogP contribution in [-0.4, -0.2) is 9.78 Å². The van der Waals surface area contributed by atoms with Gasteiger partial charge in [-0.3, -0.25) is 0 Å². The third-order valence-electron chi connectivity index (χ3n) is 3.75. The summed E-state index contributed by atoms with van der Waals surface area (Å²) in [6.45, 7) is 4.32. The lowest BCUT2D eigenvalue weighted by atomic mass is 9.83. The summed E-state index contributed by atoms with van der Waals surface area (Å²) in [6.07, 6.45) is 6.48. The summed E-state index contributed by atoms with van der Waals surface area (Å²) in [5.74, 6) is 1.62. The molecule has 0 spiro atoms. The summed E-state index contributed by atoms with van der Waals surface area (Å²) in [6, 6.07) is 0.529. The van der Waals surface area contributed by atoms with Crippen LogP contribution in [0.25, 0.3) is 0 Å². The zero-order chi connectivity index (χ0) is 11.7. The third-order valence-corrected chi connectivity index (χ3v) is 5.09. The monoisotopic (exact) mass is 333 g/mol. The molecule has 1 aliphatic carbocycles. The number of aryl methyl sites for hydroxylation is 1. The highest BCUT2D eigenvalue weighted by Crippen LogP contribution is 2.37. The molecule has 16 heavy (non-hydrogen) atoms. The SMILES string of the molecule is CCC1CCCCC1n1nc(C)c(I)c1N. The predicted molar refractivity (Wildman–Crippen MR) is 75.4 cm³/mol. The van der Waals surface area contributed by atoms with Gasteiger partial charge in [-0.15, -0.1) is 0 Å². The Bertz CT molecular complexity index is 373. The normalized spacial score (nSPS) is 25.9. The molecule has 1 heterocycles. The average Bonchev–Trinajstić information content (AvgIpc) is 2.57. The third kappa shape index (κ3) is 2.08. The van der Waals surface area contributed by atoms with Gasteiger partial charge in [0.05, 0.1) is 15.3 Å². The number of nitrogens with two attached hydrogens (primary N) is 1. The molecule has 0 aliphatic heterocycles. The molecule has 1 fully saturated rings. The van der Waals surface area contributed by atoms with Crippen LogP contribution < -0.4 is 5.73 Å². The lowest BCUT2D eigenvalue weighted by Gasteiger charge is -2.31. The maximum absolute atomic E-state index is 6.14. The Kier molecular flexibility index (Phi) is 3.77. The summed E-state index contributed by atoms with van der Waals surface area (Å²) in [5.41, 5.74) is 7.21. The van der Waals surface area contributed by atoms with Crippen LogP contribution >= 0.6 is 22.6 Å². The molecule has 2 rings (SSSR count). The number of anilines is 1. The molecule has 90 valence electrons. The first kappa shape index (κ1) is 12.2. The lowest BCUT2D eigenvalue weighted by Crippen LogP contribution is -2.25. The molecule has 4 heteroatoms. The first-order valence-corrected chi connectivity index (χ1v) is 7.23. The van der Waals surface area contributed by atoms with Crippen molar-refractivity contribution in [1.82, 2.24) is 9.78 Å². The van der Waals surface area contributed by atoms with Gasteiger partial charge in [0.15, 0.2) is 0 Å². The molecule has 0 radical (unpaired) electrons. The van der Waals surface area contributed by atoms with Crippen molar-refractivity contribution in [3.05, 3.63) is 9.26 Å². The molecular formula is C12H20IN3. The van der Waals surface area contributed by atoms with Crippen molar-refractivity contribution < 1.29 is 0 Å². The van der Waals surface area contributed by atoms with E-state index in [4.69, 9.17) is 5.73 Å². The standard InChI is InChI=1S/C12H20IN3/c1-3-9-6-4-5-7-10(9)16-12(14)11(13)8(2)15-16/h9-10H,3-7,14H2,1-2H3. The van der Waals surface area contributed by atoms with Crippen LogP contribution in [0.3, 0.4) is 0 Å². The number of nitrogen functional groups attached to an aromatic ring is 1. The van der Waals surface area contributed by atoms with Crippen molar-refractivity contribution in [2.24, 2.45) is 5.92 Å². The van der Waals surface area contributed by atoms with Gasteiger partial charge in [-0.05, 0) is 48.3 Å². The molecule has 1 aromatic rings. The second-order valence-electron chi connectivity index (χ2n) is 4.75. The Hall–Kier alpha value is -0.260. The second kappa shape index (κ2) is 4.94. The van der Waals surface area contributed by atoms with Crippen LogP contribution in [0, 0.1) is 16.4 Å². The fourth-order valence-corrected chi connectivity index (χ4v) is 3.14. The molecule has 1 aromatic heterocycles. The maximum Gasteiger partial charge on any atom is 0.135 e. The number of nitrogens with zero attached hydrogens (tertiary/aromatic N) is 2. The molecule has 2 atom stereocenters. The van der Waals surface area contributed by atoms with Crippen molar-refractivity contribution in [3.8, 4) is 0 Å². The van der Waals surface area contributed by atoms with Crippen molar-refractivity contribution >= 4 is 28.4 Å². The van der Waals surface area contributed by atoms with Crippen molar-refractivity contribution in [1.29, 1.82) is 0 Å². The Labute approximate surface area is 111 Å². The topological polar surface area (TPSA) is 43.8 Å². The molecule has 0 aromatic carbocycles. The van der Waals surface area contributed by atoms with Crippen LogP contribution in [0.2, 0.25) is 0 Å². The highest BCUT2D eigenvalue weighted by molar-refractivity contribution is 14.1. The zero-order valence-electron chi connectivity index (χ0n) is 10.0. The lowest BCUT2D eigenvalue weighted by molar-refractivity contribution is 0.219. The van der Waals surface area contributed by atoms with Gasteiger partial charge in [-0.2, -0.15) is 5.10 Å². The number of halogens is 1. The number of rotatable bonds is 2. The largest absolute Gasteiger partial charge is 0.383 e. The minimum Gasteiger partial charge on any atom is -0.383 e. The van der Waals surface area contributed by atoms with Gasteiger partial charge in [0.25, 0.3) is 0 Å². The molecule has 0 saturated heterocycles. The summed E-state index contributed by atoms with van der Waals surface area (Å²) in [7, 11) is 0. The van der Waals surface area contributed by atoms with E-state index in [9.17, 15) is 0 Å². The van der Waals surface area contributed by atoms with Gasteiger partial charge in [-0.25, -0.2) is 4.68 Å².